The Morgan fingerprint density at radius 3 is 2.30 bits per heavy atom. The van der Waals surface area contributed by atoms with E-state index >= 15 is 0 Å². The van der Waals surface area contributed by atoms with Crippen molar-refractivity contribution in [2.45, 2.75) is 4.90 Å². The summed E-state index contributed by atoms with van der Waals surface area (Å²) in [4.78, 5) is 29.5. The molecule has 30 heavy (non-hydrogen) atoms. The highest BCUT2D eigenvalue weighted by Crippen LogP contribution is 2.22. The molecule has 0 unspecified atom stereocenters. The number of anilines is 1. The number of sulfone groups is 1. The first-order chi connectivity index (χ1) is 14.3. The van der Waals surface area contributed by atoms with Crippen molar-refractivity contribution in [1.29, 1.82) is 0 Å². The lowest BCUT2D eigenvalue weighted by Crippen LogP contribution is -2.49. The van der Waals surface area contributed by atoms with E-state index in [1.807, 2.05) is 6.07 Å². The molecule has 0 N–H and O–H groups in total. The average molecular weight is 426 g/mol. The minimum absolute atomic E-state index is 0.216. The van der Waals surface area contributed by atoms with Crippen LogP contribution in [0.2, 0.25) is 0 Å². The van der Waals surface area contributed by atoms with Crippen LogP contribution >= 0.6 is 0 Å². The second-order valence-corrected chi connectivity index (χ2v) is 9.39. The summed E-state index contributed by atoms with van der Waals surface area (Å²) in [5.41, 5.74) is 0.841. The zero-order chi connectivity index (χ0) is 21.5. The molecule has 1 fully saturated rings. The number of benzene rings is 2. The number of carbonyl (C=O) groups is 1. The Morgan fingerprint density at radius 2 is 1.63 bits per heavy atom. The first kappa shape index (κ1) is 20.1. The second kappa shape index (κ2) is 7.56. The van der Waals surface area contributed by atoms with E-state index in [4.69, 9.17) is 0 Å². The summed E-state index contributed by atoms with van der Waals surface area (Å²) >= 11 is 0. The maximum atomic E-state index is 13.2. The summed E-state index contributed by atoms with van der Waals surface area (Å²) in [5.74, 6) is -0.216. The third-order valence-electron chi connectivity index (χ3n) is 5.34. The SMILES string of the molecule is Cn1nc(C(=O)N2CCN(c3cccc(S(C)(=O)=O)c3)CC2)c2ccccc2c1=O. The van der Waals surface area contributed by atoms with Crippen molar-refractivity contribution in [1.82, 2.24) is 14.7 Å². The first-order valence-electron chi connectivity index (χ1n) is 9.56. The molecule has 1 aliphatic heterocycles. The molecule has 0 saturated carbocycles. The van der Waals surface area contributed by atoms with Gasteiger partial charge in [-0.25, -0.2) is 13.1 Å². The van der Waals surface area contributed by atoms with Crippen molar-refractivity contribution in [3.8, 4) is 0 Å². The molecule has 156 valence electrons. The molecule has 1 amide bonds. The minimum Gasteiger partial charge on any atom is -0.368 e. The van der Waals surface area contributed by atoms with Crippen LogP contribution in [0.1, 0.15) is 10.5 Å². The van der Waals surface area contributed by atoms with Gasteiger partial charge in [0.2, 0.25) is 0 Å². The van der Waals surface area contributed by atoms with Crippen molar-refractivity contribution >= 4 is 32.2 Å². The Labute approximate surface area is 174 Å². The Morgan fingerprint density at radius 1 is 0.967 bits per heavy atom. The fraction of sp³-hybridized carbons (Fsp3) is 0.286. The molecule has 0 atom stereocenters. The molecular formula is C21H22N4O4S. The molecule has 3 aromatic rings. The molecule has 1 aliphatic rings. The first-order valence-corrected chi connectivity index (χ1v) is 11.5. The molecule has 2 heterocycles. The number of aryl methyl sites for hydroxylation is 1. The van der Waals surface area contributed by atoms with Crippen molar-refractivity contribution in [3.63, 3.8) is 0 Å². The third-order valence-corrected chi connectivity index (χ3v) is 6.45. The van der Waals surface area contributed by atoms with E-state index in [1.165, 1.54) is 18.0 Å². The van der Waals surface area contributed by atoms with Crippen LogP contribution in [0.4, 0.5) is 5.69 Å². The van der Waals surface area contributed by atoms with Gasteiger partial charge in [0.15, 0.2) is 15.5 Å². The molecule has 4 rings (SSSR count). The molecule has 2 aromatic carbocycles. The maximum absolute atomic E-state index is 13.2. The van der Waals surface area contributed by atoms with Gasteiger partial charge in [0.25, 0.3) is 11.5 Å². The fourth-order valence-electron chi connectivity index (χ4n) is 3.69. The van der Waals surface area contributed by atoms with E-state index in [1.54, 1.807) is 47.4 Å². The highest BCUT2D eigenvalue weighted by molar-refractivity contribution is 7.90. The van der Waals surface area contributed by atoms with Gasteiger partial charge in [-0.1, -0.05) is 24.3 Å². The zero-order valence-electron chi connectivity index (χ0n) is 16.8. The second-order valence-electron chi connectivity index (χ2n) is 7.37. The highest BCUT2D eigenvalue weighted by atomic mass is 32.2. The van der Waals surface area contributed by atoms with Gasteiger partial charge < -0.3 is 9.80 Å². The monoisotopic (exact) mass is 426 g/mol. The molecule has 0 radical (unpaired) electrons. The number of rotatable bonds is 3. The van der Waals surface area contributed by atoms with E-state index in [0.29, 0.717) is 37.0 Å². The summed E-state index contributed by atoms with van der Waals surface area (Å²) < 4.78 is 24.8. The molecule has 8 nitrogen and oxygen atoms in total. The number of hydrogen-bond acceptors (Lipinski definition) is 6. The van der Waals surface area contributed by atoms with Gasteiger partial charge in [-0.3, -0.25) is 9.59 Å². The predicted octanol–water partition coefficient (Wildman–Crippen LogP) is 1.30. The fourth-order valence-corrected chi connectivity index (χ4v) is 4.35. The maximum Gasteiger partial charge on any atom is 0.275 e. The van der Waals surface area contributed by atoms with Crippen LogP contribution in [0.15, 0.2) is 58.2 Å². The number of hydrogen-bond donors (Lipinski definition) is 0. The smallest absolute Gasteiger partial charge is 0.275 e. The lowest BCUT2D eigenvalue weighted by atomic mass is 10.1. The highest BCUT2D eigenvalue weighted by Gasteiger charge is 2.26. The van der Waals surface area contributed by atoms with Gasteiger partial charge in [0, 0.05) is 50.6 Å². The summed E-state index contributed by atoms with van der Waals surface area (Å²) in [7, 11) is -1.74. The van der Waals surface area contributed by atoms with Crippen LogP contribution in [0.25, 0.3) is 10.8 Å². The normalized spacial score (nSPS) is 14.9. The van der Waals surface area contributed by atoms with Gasteiger partial charge in [-0.2, -0.15) is 5.10 Å². The van der Waals surface area contributed by atoms with E-state index in [2.05, 4.69) is 10.00 Å². The number of amides is 1. The van der Waals surface area contributed by atoms with Crippen LogP contribution in [0.5, 0.6) is 0 Å². The van der Waals surface area contributed by atoms with Crippen LogP contribution in [-0.4, -0.2) is 61.4 Å². The number of aromatic nitrogens is 2. The van der Waals surface area contributed by atoms with Crippen molar-refractivity contribution < 1.29 is 13.2 Å². The topological polar surface area (TPSA) is 92.6 Å². The van der Waals surface area contributed by atoms with Crippen LogP contribution in [-0.2, 0) is 16.9 Å². The summed E-state index contributed by atoms with van der Waals surface area (Å²) in [5, 5.41) is 5.24. The van der Waals surface area contributed by atoms with Crippen molar-refractivity contribution in [2.75, 3.05) is 37.3 Å². The van der Waals surface area contributed by atoms with Gasteiger partial charge in [0.1, 0.15) is 0 Å². The Hall–Kier alpha value is -3.20. The quantitative estimate of drug-likeness (QED) is 0.627. The predicted molar refractivity (Wildman–Crippen MR) is 115 cm³/mol. The average Bonchev–Trinajstić information content (AvgIpc) is 2.75. The lowest BCUT2D eigenvalue weighted by molar-refractivity contribution is 0.0740. The molecule has 1 saturated heterocycles. The minimum atomic E-state index is -3.28. The van der Waals surface area contributed by atoms with Crippen LogP contribution in [0.3, 0.4) is 0 Å². The van der Waals surface area contributed by atoms with Crippen LogP contribution < -0.4 is 10.5 Å². The number of carbonyl (C=O) groups excluding carboxylic acids is 1. The van der Waals surface area contributed by atoms with Crippen molar-refractivity contribution in [2.24, 2.45) is 7.05 Å². The molecule has 0 bridgehead atoms. The Kier molecular flexibility index (Phi) is 5.07. The van der Waals surface area contributed by atoms with Crippen LogP contribution in [0, 0.1) is 0 Å². The zero-order valence-corrected chi connectivity index (χ0v) is 17.6. The van der Waals surface area contributed by atoms with Gasteiger partial charge >= 0.3 is 0 Å². The summed E-state index contributed by atoms with van der Waals surface area (Å²) in [6.45, 7) is 2.09. The van der Waals surface area contributed by atoms with E-state index in [9.17, 15) is 18.0 Å². The molecule has 9 heteroatoms. The van der Waals surface area contributed by atoms with E-state index < -0.39 is 9.84 Å². The third kappa shape index (κ3) is 3.68. The number of fused-ring (bicyclic) bond motifs is 1. The lowest BCUT2D eigenvalue weighted by Gasteiger charge is -2.36. The summed E-state index contributed by atoms with van der Waals surface area (Å²) in [6.07, 6.45) is 1.19. The van der Waals surface area contributed by atoms with E-state index in [-0.39, 0.29) is 22.1 Å². The largest absolute Gasteiger partial charge is 0.368 e. The summed E-state index contributed by atoms with van der Waals surface area (Å²) in [6, 6.07) is 13.8. The van der Waals surface area contributed by atoms with Gasteiger partial charge in [-0.05, 0) is 24.3 Å². The Balaban J connectivity index is 1.56. The van der Waals surface area contributed by atoms with Gasteiger partial charge in [0.05, 0.1) is 10.3 Å². The molecule has 1 aromatic heterocycles. The number of nitrogens with zero attached hydrogens (tertiary/aromatic N) is 4. The Bertz CT molecular complexity index is 1290. The molecular weight excluding hydrogens is 404 g/mol. The standard InChI is InChI=1S/C21H22N4O4S/c1-23-20(26)18-9-4-3-8-17(18)19(22-23)21(27)25-12-10-24(11-13-25)15-6-5-7-16(14-15)30(2,28)29/h3-9,14H,10-13H2,1-2H3. The molecule has 0 spiro atoms. The van der Waals surface area contributed by atoms with Gasteiger partial charge in [-0.15, -0.1) is 0 Å². The molecule has 0 aliphatic carbocycles. The number of piperazine rings is 1. The van der Waals surface area contributed by atoms with E-state index in [0.717, 1.165) is 5.69 Å². The van der Waals surface area contributed by atoms with Crippen molar-refractivity contribution in [3.05, 3.63) is 64.6 Å².